The van der Waals surface area contributed by atoms with E-state index in [2.05, 4.69) is 4.74 Å². The van der Waals surface area contributed by atoms with E-state index in [-0.39, 0.29) is 6.42 Å². The van der Waals surface area contributed by atoms with E-state index >= 15 is 0 Å². The molecule has 1 aromatic rings. The summed E-state index contributed by atoms with van der Waals surface area (Å²) in [6.07, 6.45) is -0.903. The van der Waals surface area contributed by atoms with Crippen LogP contribution < -0.4 is 4.74 Å². The fraction of sp³-hybridized carbons (Fsp3) is 0.417. The second kappa shape index (κ2) is 6.12. The highest BCUT2D eigenvalue weighted by molar-refractivity contribution is 5.70. The van der Waals surface area contributed by atoms with Crippen LogP contribution in [0.15, 0.2) is 24.3 Å². The summed E-state index contributed by atoms with van der Waals surface area (Å²) in [5, 5.41) is 9.76. The normalized spacial score (nSPS) is 11.9. The minimum absolute atomic E-state index is 0.0495. The fourth-order valence-corrected chi connectivity index (χ4v) is 1.34. The molecule has 0 radical (unpaired) electrons. The van der Waals surface area contributed by atoms with Crippen molar-refractivity contribution in [1.29, 1.82) is 0 Å². The zero-order valence-electron chi connectivity index (χ0n) is 9.47. The number of aliphatic hydroxyl groups excluding tert-OH is 1. The summed E-state index contributed by atoms with van der Waals surface area (Å²) in [5.74, 6) is 0.248. The second-order valence-corrected chi connectivity index (χ2v) is 3.30. The number of ether oxygens (including phenoxy) is 2. The molecule has 0 saturated heterocycles. The number of rotatable bonds is 5. The molecule has 0 spiro atoms. The zero-order valence-corrected chi connectivity index (χ0v) is 9.47. The standard InChI is InChI=1S/C12H16O4/c1-3-16-10-6-4-5-9(7-10)11(13)8-12(14)15-2/h4-7,11,13H,3,8H2,1-2H3. The average Bonchev–Trinajstić information content (AvgIpc) is 2.29. The number of benzene rings is 1. The Morgan fingerprint density at radius 1 is 1.50 bits per heavy atom. The van der Waals surface area contributed by atoms with Crippen molar-refractivity contribution in [2.24, 2.45) is 0 Å². The van der Waals surface area contributed by atoms with Crippen molar-refractivity contribution < 1.29 is 19.4 Å². The number of carbonyl (C=O) groups excluding carboxylic acids is 1. The van der Waals surface area contributed by atoms with Crippen molar-refractivity contribution in [2.75, 3.05) is 13.7 Å². The van der Waals surface area contributed by atoms with Gasteiger partial charge in [-0.1, -0.05) is 12.1 Å². The summed E-state index contributed by atoms with van der Waals surface area (Å²) in [4.78, 5) is 11.0. The SMILES string of the molecule is CCOc1cccc(C(O)CC(=O)OC)c1. The van der Waals surface area contributed by atoms with Gasteiger partial charge in [0.15, 0.2) is 0 Å². The van der Waals surface area contributed by atoms with Crippen LogP contribution in [0.4, 0.5) is 0 Å². The maximum absolute atomic E-state index is 11.0. The summed E-state index contributed by atoms with van der Waals surface area (Å²) < 4.78 is 9.79. The molecule has 4 heteroatoms. The number of esters is 1. The van der Waals surface area contributed by atoms with Crippen LogP contribution in [0.2, 0.25) is 0 Å². The molecule has 1 aromatic carbocycles. The van der Waals surface area contributed by atoms with E-state index in [1.165, 1.54) is 7.11 Å². The van der Waals surface area contributed by atoms with Crippen molar-refractivity contribution in [2.45, 2.75) is 19.4 Å². The Balaban J connectivity index is 2.71. The Kier molecular flexibility index (Phi) is 4.79. The van der Waals surface area contributed by atoms with Crippen LogP contribution in [0, 0.1) is 0 Å². The van der Waals surface area contributed by atoms with Crippen molar-refractivity contribution in [3.8, 4) is 5.75 Å². The lowest BCUT2D eigenvalue weighted by atomic mass is 10.1. The van der Waals surface area contributed by atoms with E-state index in [1.807, 2.05) is 6.92 Å². The minimum Gasteiger partial charge on any atom is -0.494 e. The van der Waals surface area contributed by atoms with Gasteiger partial charge in [-0.05, 0) is 24.6 Å². The quantitative estimate of drug-likeness (QED) is 0.773. The van der Waals surface area contributed by atoms with Gasteiger partial charge in [0.2, 0.25) is 0 Å². The van der Waals surface area contributed by atoms with Gasteiger partial charge in [-0.25, -0.2) is 0 Å². The van der Waals surface area contributed by atoms with Crippen LogP contribution in [0.1, 0.15) is 25.0 Å². The van der Waals surface area contributed by atoms with Crippen LogP contribution in [-0.2, 0) is 9.53 Å². The average molecular weight is 224 g/mol. The Hall–Kier alpha value is -1.55. The second-order valence-electron chi connectivity index (χ2n) is 3.30. The molecule has 16 heavy (non-hydrogen) atoms. The minimum atomic E-state index is -0.854. The molecule has 1 atom stereocenters. The lowest BCUT2D eigenvalue weighted by molar-refractivity contribution is -0.142. The molecule has 0 amide bonds. The molecular formula is C12H16O4. The number of hydrogen-bond acceptors (Lipinski definition) is 4. The molecule has 0 heterocycles. The van der Waals surface area contributed by atoms with Crippen LogP contribution in [-0.4, -0.2) is 24.8 Å². The van der Waals surface area contributed by atoms with Crippen LogP contribution in [0.5, 0.6) is 5.75 Å². The third-order valence-corrected chi connectivity index (χ3v) is 2.14. The Morgan fingerprint density at radius 3 is 2.88 bits per heavy atom. The van der Waals surface area contributed by atoms with E-state index < -0.39 is 12.1 Å². The lowest BCUT2D eigenvalue weighted by Gasteiger charge is -2.11. The summed E-state index contributed by atoms with van der Waals surface area (Å²) in [7, 11) is 1.30. The molecule has 0 fully saturated rings. The molecule has 0 aliphatic heterocycles. The van der Waals surface area contributed by atoms with Crippen molar-refractivity contribution in [3.05, 3.63) is 29.8 Å². The largest absolute Gasteiger partial charge is 0.494 e. The summed E-state index contributed by atoms with van der Waals surface area (Å²) in [6, 6.07) is 7.05. The van der Waals surface area contributed by atoms with E-state index in [0.717, 1.165) is 0 Å². The highest BCUT2D eigenvalue weighted by Crippen LogP contribution is 2.21. The van der Waals surface area contributed by atoms with Crippen LogP contribution in [0.3, 0.4) is 0 Å². The molecule has 0 aliphatic carbocycles. The van der Waals surface area contributed by atoms with Gasteiger partial charge in [0.1, 0.15) is 5.75 Å². The monoisotopic (exact) mass is 224 g/mol. The molecular weight excluding hydrogens is 208 g/mol. The first kappa shape index (κ1) is 12.5. The van der Waals surface area contributed by atoms with Crippen LogP contribution >= 0.6 is 0 Å². The van der Waals surface area contributed by atoms with Gasteiger partial charge in [-0.3, -0.25) is 4.79 Å². The smallest absolute Gasteiger partial charge is 0.308 e. The summed E-state index contributed by atoms with van der Waals surface area (Å²) in [5.41, 5.74) is 0.649. The Morgan fingerprint density at radius 2 is 2.25 bits per heavy atom. The Bertz CT molecular complexity index is 349. The Labute approximate surface area is 94.8 Å². The lowest BCUT2D eigenvalue weighted by Crippen LogP contribution is -2.08. The highest BCUT2D eigenvalue weighted by atomic mass is 16.5. The highest BCUT2D eigenvalue weighted by Gasteiger charge is 2.13. The first-order valence-corrected chi connectivity index (χ1v) is 5.15. The van der Waals surface area contributed by atoms with Crippen LogP contribution in [0.25, 0.3) is 0 Å². The van der Waals surface area contributed by atoms with Gasteiger partial charge in [0, 0.05) is 0 Å². The molecule has 1 N–H and O–H groups in total. The van der Waals surface area contributed by atoms with Gasteiger partial charge < -0.3 is 14.6 Å². The number of methoxy groups -OCH3 is 1. The van der Waals surface area contributed by atoms with Crippen molar-refractivity contribution in [1.82, 2.24) is 0 Å². The first-order chi connectivity index (χ1) is 7.67. The molecule has 4 nitrogen and oxygen atoms in total. The molecule has 1 rings (SSSR count). The third kappa shape index (κ3) is 3.55. The molecule has 0 aliphatic rings. The molecule has 88 valence electrons. The van der Waals surface area contributed by atoms with Gasteiger partial charge in [-0.2, -0.15) is 0 Å². The number of carbonyl (C=O) groups is 1. The zero-order chi connectivity index (χ0) is 12.0. The molecule has 0 aromatic heterocycles. The fourth-order valence-electron chi connectivity index (χ4n) is 1.34. The topological polar surface area (TPSA) is 55.8 Å². The predicted molar refractivity (Wildman–Crippen MR) is 59.2 cm³/mol. The maximum atomic E-state index is 11.0. The van der Waals surface area contributed by atoms with E-state index in [1.54, 1.807) is 24.3 Å². The summed E-state index contributed by atoms with van der Waals surface area (Å²) >= 11 is 0. The van der Waals surface area contributed by atoms with Gasteiger partial charge in [-0.15, -0.1) is 0 Å². The molecule has 0 bridgehead atoms. The van der Waals surface area contributed by atoms with Gasteiger partial charge >= 0.3 is 5.97 Å². The van der Waals surface area contributed by atoms with Crippen molar-refractivity contribution >= 4 is 5.97 Å². The molecule has 0 saturated carbocycles. The predicted octanol–water partition coefficient (Wildman–Crippen LogP) is 1.68. The number of aliphatic hydroxyl groups is 1. The van der Waals surface area contributed by atoms with E-state index in [4.69, 9.17) is 4.74 Å². The van der Waals surface area contributed by atoms with Gasteiger partial charge in [0.25, 0.3) is 0 Å². The first-order valence-electron chi connectivity index (χ1n) is 5.15. The van der Waals surface area contributed by atoms with Gasteiger partial charge in [0.05, 0.1) is 26.2 Å². The molecule has 1 unspecified atom stereocenters. The maximum Gasteiger partial charge on any atom is 0.308 e. The van der Waals surface area contributed by atoms with E-state index in [0.29, 0.717) is 17.9 Å². The summed E-state index contributed by atoms with van der Waals surface area (Å²) in [6.45, 7) is 2.45. The third-order valence-electron chi connectivity index (χ3n) is 2.14. The van der Waals surface area contributed by atoms with Crippen molar-refractivity contribution in [3.63, 3.8) is 0 Å². The number of hydrogen-bond donors (Lipinski definition) is 1. The van der Waals surface area contributed by atoms with E-state index in [9.17, 15) is 9.90 Å².